The number of benzene rings is 1. The lowest BCUT2D eigenvalue weighted by atomic mass is 9.94. The monoisotopic (exact) mass is 553 g/mol. The largest absolute Gasteiger partial charge is 0.340 e. The molecule has 1 aromatic carbocycles. The number of hydrogen-bond donors (Lipinski definition) is 1. The van der Waals surface area contributed by atoms with Crippen molar-refractivity contribution >= 4 is 54.9 Å². The van der Waals surface area contributed by atoms with Crippen LogP contribution < -0.4 is 5.32 Å². The number of aromatic nitrogens is 2. The highest BCUT2D eigenvalue weighted by molar-refractivity contribution is 9.10. The van der Waals surface area contributed by atoms with Gasteiger partial charge >= 0.3 is 0 Å². The molecule has 1 fully saturated rings. The van der Waals surface area contributed by atoms with Crippen LogP contribution in [0.3, 0.4) is 0 Å². The summed E-state index contributed by atoms with van der Waals surface area (Å²) in [5, 5.41) is 4.54. The van der Waals surface area contributed by atoms with E-state index in [0.717, 1.165) is 45.7 Å². The Morgan fingerprint density at radius 2 is 2.14 bits per heavy atom. The van der Waals surface area contributed by atoms with E-state index in [1.807, 2.05) is 29.2 Å². The molecular weight excluding hydrogens is 522 g/mol. The molecule has 0 atom stereocenters. The fraction of sp³-hybridized carbons (Fsp3) is 0.444. The first-order chi connectivity index (χ1) is 17.1. The first-order valence-corrected chi connectivity index (χ1v) is 14.2. The smallest absolute Gasteiger partial charge is 0.246 e. The highest BCUT2D eigenvalue weighted by Gasteiger charge is 2.26. The van der Waals surface area contributed by atoms with Crippen LogP contribution in [0.2, 0.25) is 0 Å². The lowest BCUT2D eigenvalue weighted by molar-refractivity contribution is -0.126. The number of fused-ring (bicyclic) bond motifs is 3. The van der Waals surface area contributed by atoms with Crippen LogP contribution in [0.1, 0.15) is 49.5 Å². The van der Waals surface area contributed by atoms with E-state index in [-0.39, 0.29) is 5.91 Å². The molecule has 5 rings (SSSR count). The Balaban J connectivity index is 1.27. The van der Waals surface area contributed by atoms with E-state index in [0.29, 0.717) is 19.1 Å². The zero-order valence-corrected chi connectivity index (χ0v) is 22.6. The number of carbonyl (C=O) groups is 1. The summed E-state index contributed by atoms with van der Waals surface area (Å²) in [6.45, 7) is 5.47. The molecule has 2 aliphatic rings. The van der Waals surface area contributed by atoms with Crippen LogP contribution in [0.25, 0.3) is 10.2 Å². The standard InChI is InChI=1S/C27H32BrN5OS/c1-2-32(21-10-4-3-5-11-21)14-7-12-24(34)33-15-13-22-23(17-33)35-27-25(22)26(29-18-30-27)31-20-9-6-8-19(28)16-20/h6-9,12,16,18,21H,2-5,10-11,13-15,17H2,1H3,(H,29,30,31). The number of amides is 1. The Kier molecular flexibility index (Phi) is 7.80. The molecule has 0 bridgehead atoms. The number of carbonyl (C=O) groups excluding carboxylic acids is 1. The molecule has 0 saturated heterocycles. The minimum absolute atomic E-state index is 0.103. The van der Waals surface area contributed by atoms with Crippen molar-refractivity contribution in [1.29, 1.82) is 0 Å². The lowest BCUT2D eigenvalue weighted by Crippen LogP contribution is -2.37. The molecule has 1 aliphatic carbocycles. The predicted octanol–water partition coefficient (Wildman–Crippen LogP) is 6.29. The third-order valence-corrected chi connectivity index (χ3v) is 8.75. The summed E-state index contributed by atoms with van der Waals surface area (Å²) in [5.41, 5.74) is 2.25. The molecule has 1 saturated carbocycles. The molecule has 0 unspecified atom stereocenters. The first kappa shape index (κ1) is 24.4. The summed E-state index contributed by atoms with van der Waals surface area (Å²) >= 11 is 5.20. The highest BCUT2D eigenvalue weighted by Crippen LogP contribution is 2.38. The Bertz CT molecular complexity index is 1220. The number of nitrogens with one attached hydrogen (secondary N) is 1. The van der Waals surface area contributed by atoms with Crippen LogP contribution in [0.15, 0.2) is 47.2 Å². The van der Waals surface area contributed by atoms with Crippen molar-refractivity contribution in [3.63, 3.8) is 0 Å². The van der Waals surface area contributed by atoms with Gasteiger partial charge < -0.3 is 10.2 Å². The van der Waals surface area contributed by atoms with Crippen LogP contribution in [0, 0.1) is 0 Å². The molecule has 0 spiro atoms. The second-order valence-corrected chi connectivity index (χ2v) is 11.3. The van der Waals surface area contributed by atoms with Crippen molar-refractivity contribution in [3.8, 4) is 0 Å². The Labute approximate surface area is 219 Å². The van der Waals surface area contributed by atoms with Gasteiger partial charge in [-0.15, -0.1) is 11.3 Å². The third kappa shape index (κ3) is 5.60. The van der Waals surface area contributed by atoms with Crippen molar-refractivity contribution < 1.29 is 4.79 Å². The first-order valence-electron chi connectivity index (χ1n) is 12.6. The van der Waals surface area contributed by atoms with Gasteiger partial charge in [0.05, 0.1) is 11.9 Å². The molecule has 6 nitrogen and oxygen atoms in total. The maximum Gasteiger partial charge on any atom is 0.246 e. The van der Waals surface area contributed by atoms with Crippen molar-refractivity contribution in [1.82, 2.24) is 19.8 Å². The topological polar surface area (TPSA) is 61.4 Å². The molecule has 8 heteroatoms. The molecular formula is C27H32BrN5OS. The maximum atomic E-state index is 13.0. The van der Waals surface area contributed by atoms with Gasteiger partial charge in [-0.25, -0.2) is 9.97 Å². The number of likely N-dealkylation sites (N-methyl/N-ethyl adjacent to an activating group) is 1. The second-order valence-electron chi connectivity index (χ2n) is 9.33. The van der Waals surface area contributed by atoms with Crippen molar-refractivity contribution in [3.05, 3.63) is 57.7 Å². The van der Waals surface area contributed by atoms with Crippen LogP contribution >= 0.6 is 27.3 Å². The van der Waals surface area contributed by atoms with Crippen LogP contribution in [0.4, 0.5) is 11.5 Å². The number of nitrogens with zero attached hydrogens (tertiary/aromatic N) is 4. The van der Waals surface area contributed by atoms with Crippen molar-refractivity contribution in [2.75, 3.05) is 25.0 Å². The summed E-state index contributed by atoms with van der Waals surface area (Å²) in [6, 6.07) is 8.74. The Morgan fingerprint density at radius 1 is 1.29 bits per heavy atom. The highest BCUT2D eigenvalue weighted by atomic mass is 79.9. The van der Waals surface area contributed by atoms with E-state index < -0.39 is 0 Å². The van der Waals surface area contributed by atoms with Crippen molar-refractivity contribution in [2.24, 2.45) is 0 Å². The third-order valence-electron chi connectivity index (χ3n) is 7.13. The maximum absolute atomic E-state index is 13.0. The fourth-order valence-electron chi connectivity index (χ4n) is 5.29. The number of rotatable bonds is 7. The van der Waals surface area contributed by atoms with E-state index in [1.54, 1.807) is 23.7 Å². The molecule has 3 aromatic rings. The number of anilines is 2. The molecule has 1 N–H and O–H groups in total. The van der Waals surface area contributed by atoms with Gasteiger partial charge in [0.2, 0.25) is 5.91 Å². The van der Waals surface area contributed by atoms with Gasteiger partial charge in [-0.05, 0) is 49.6 Å². The number of hydrogen-bond acceptors (Lipinski definition) is 6. The zero-order chi connectivity index (χ0) is 24.2. The predicted molar refractivity (Wildman–Crippen MR) is 147 cm³/mol. The molecule has 184 valence electrons. The van der Waals surface area contributed by atoms with Crippen LogP contribution in [0.5, 0.6) is 0 Å². The van der Waals surface area contributed by atoms with E-state index in [9.17, 15) is 4.79 Å². The van der Waals surface area contributed by atoms with Crippen LogP contribution in [-0.4, -0.2) is 51.4 Å². The number of halogens is 1. The minimum atomic E-state index is 0.103. The average Bonchev–Trinajstić information content (AvgIpc) is 3.26. The van der Waals surface area contributed by atoms with Gasteiger partial charge in [0.15, 0.2) is 0 Å². The average molecular weight is 555 g/mol. The molecule has 1 aliphatic heterocycles. The SMILES string of the molecule is CCN(CC=CC(=O)N1CCc2c(sc3ncnc(Nc4cccc(Br)c4)c23)C1)C1CCCCC1. The second kappa shape index (κ2) is 11.2. The number of thiophene rings is 1. The van der Waals surface area contributed by atoms with Gasteiger partial charge in [-0.2, -0.15) is 0 Å². The summed E-state index contributed by atoms with van der Waals surface area (Å²) in [4.78, 5) is 28.7. The summed E-state index contributed by atoms with van der Waals surface area (Å²) in [6.07, 6.45) is 12.9. The van der Waals surface area contributed by atoms with Crippen molar-refractivity contribution in [2.45, 2.75) is 58.0 Å². The molecule has 35 heavy (non-hydrogen) atoms. The Morgan fingerprint density at radius 3 is 2.94 bits per heavy atom. The van der Waals surface area contributed by atoms with Crippen LogP contribution in [-0.2, 0) is 17.8 Å². The zero-order valence-electron chi connectivity index (χ0n) is 20.2. The summed E-state index contributed by atoms with van der Waals surface area (Å²) in [5.74, 6) is 0.930. The van der Waals surface area contributed by atoms with Gasteiger partial charge in [0.25, 0.3) is 0 Å². The van der Waals surface area contributed by atoms with E-state index in [1.165, 1.54) is 42.5 Å². The lowest BCUT2D eigenvalue weighted by Gasteiger charge is -2.32. The minimum Gasteiger partial charge on any atom is -0.340 e. The van der Waals surface area contributed by atoms with Gasteiger partial charge in [-0.3, -0.25) is 9.69 Å². The molecule has 2 aromatic heterocycles. The Hall–Kier alpha value is -2.29. The quantitative estimate of drug-likeness (QED) is 0.348. The molecule has 0 radical (unpaired) electrons. The normalized spacial score (nSPS) is 16.8. The molecule has 1 amide bonds. The van der Waals surface area contributed by atoms with Gasteiger partial charge in [0, 0.05) is 40.2 Å². The fourth-order valence-corrected chi connectivity index (χ4v) is 6.89. The van der Waals surface area contributed by atoms with E-state index in [4.69, 9.17) is 0 Å². The van der Waals surface area contributed by atoms with Gasteiger partial charge in [0.1, 0.15) is 17.0 Å². The summed E-state index contributed by atoms with van der Waals surface area (Å²) in [7, 11) is 0. The van der Waals surface area contributed by atoms with E-state index >= 15 is 0 Å². The van der Waals surface area contributed by atoms with E-state index in [2.05, 4.69) is 49.1 Å². The summed E-state index contributed by atoms with van der Waals surface area (Å²) < 4.78 is 1.02. The van der Waals surface area contributed by atoms with Gasteiger partial charge in [-0.1, -0.05) is 54.3 Å². The molecule has 3 heterocycles.